The van der Waals surface area contributed by atoms with Gasteiger partial charge in [0.1, 0.15) is 5.75 Å². The first-order valence-electron chi connectivity index (χ1n) is 10.9. The highest BCUT2D eigenvalue weighted by atomic mass is 32.2. The summed E-state index contributed by atoms with van der Waals surface area (Å²) < 4.78 is 33.5. The van der Waals surface area contributed by atoms with E-state index in [1.54, 1.807) is 12.1 Å². The Morgan fingerprint density at radius 3 is 2.33 bits per heavy atom. The monoisotopic (exact) mass is 477 g/mol. The van der Waals surface area contributed by atoms with Crippen molar-refractivity contribution in [3.05, 3.63) is 60.2 Å². The second kappa shape index (κ2) is 12.1. The number of carbonyl (C=O) groups excluding carboxylic acids is 1. The van der Waals surface area contributed by atoms with Crippen LogP contribution in [-0.4, -0.2) is 63.1 Å². The fourth-order valence-electron chi connectivity index (χ4n) is 3.69. The first-order valence-corrected chi connectivity index (χ1v) is 12.3. The van der Waals surface area contributed by atoms with Crippen molar-refractivity contribution < 1.29 is 23.1 Å². The molecular weight excluding hydrogens is 442 g/mol. The standard InChI is InChI=1S/C24H35N3O5S/c1-24(2,13-14-25)17-27(33(30,31)21-11-9-20(32-3)10-12-21)16-23(29)22(26-18-28)15-19-7-5-4-6-8-19/h4-12,18,22-23,29H,13-17,25H2,1-3H3,(H,26,28)/t22-,23?/m0/s1. The summed E-state index contributed by atoms with van der Waals surface area (Å²) in [5.41, 5.74) is 6.24. The van der Waals surface area contributed by atoms with Crippen molar-refractivity contribution in [3.8, 4) is 5.75 Å². The van der Waals surface area contributed by atoms with Crippen LogP contribution in [0.25, 0.3) is 0 Å². The fraction of sp³-hybridized carbons (Fsp3) is 0.458. The molecule has 9 heteroatoms. The number of aliphatic hydroxyl groups excluding tert-OH is 1. The van der Waals surface area contributed by atoms with Crippen molar-refractivity contribution >= 4 is 16.4 Å². The second-order valence-corrected chi connectivity index (χ2v) is 10.8. The maximum Gasteiger partial charge on any atom is 0.243 e. The minimum atomic E-state index is -3.93. The van der Waals surface area contributed by atoms with Gasteiger partial charge in [-0.3, -0.25) is 4.79 Å². The van der Waals surface area contributed by atoms with Gasteiger partial charge in [-0.15, -0.1) is 0 Å². The van der Waals surface area contributed by atoms with Gasteiger partial charge in [0.15, 0.2) is 0 Å². The highest BCUT2D eigenvalue weighted by molar-refractivity contribution is 7.89. The number of ether oxygens (including phenoxy) is 1. The highest BCUT2D eigenvalue weighted by Crippen LogP contribution is 2.27. The Bertz CT molecular complexity index is 965. The average molecular weight is 478 g/mol. The summed E-state index contributed by atoms with van der Waals surface area (Å²) in [4.78, 5) is 11.3. The van der Waals surface area contributed by atoms with Gasteiger partial charge in [-0.25, -0.2) is 8.42 Å². The van der Waals surface area contributed by atoms with E-state index >= 15 is 0 Å². The van der Waals surface area contributed by atoms with E-state index in [1.165, 1.54) is 23.5 Å². The molecule has 1 amide bonds. The van der Waals surface area contributed by atoms with E-state index in [4.69, 9.17) is 10.5 Å². The van der Waals surface area contributed by atoms with Gasteiger partial charge in [-0.1, -0.05) is 44.2 Å². The van der Waals surface area contributed by atoms with E-state index in [0.29, 0.717) is 31.5 Å². The van der Waals surface area contributed by atoms with E-state index in [2.05, 4.69) is 5.32 Å². The number of nitrogens with zero attached hydrogens (tertiary/aromatic N) is 1. The first-order chi connectivity index (χ1) is 15.6. The smallest absolute Gasteiger partial charge is 0.243 e. The third-order valence-electron chi connectivity index (χ3n) is 5.56. The van der Waals surface area contributed by atoms with Crippen LogP contribution in [0.4, 0.5) is 0 Å². The molecule has 0 fully saturated rings. The lowest BCUT2D eigenvalue weighted by atomic mass is 9.89. The average Bonchev–Trinajstić information content (AvgIpc) is 2.78. The predicted molar refractivity (Wildman–Crippen MR) is 128 cm³/mol. The summed E-state index contributed by atoms with van der Waals surface area (Å²) in [7, 11) is -2.42. The summed E-state index contributed by atoms with van der Waals surface area (Å²) in [6, 6.07) is 14.9. The summed E-state index contributed by atoms with van der Waals surface area (Å²) in [6.45, 7) is 4.27. The van der Waals surface area contributed by atoms with Crippen LogP contribution in [-0.2, 0) is 21.2 Å². The Morgan fingerprint density at radius 1 is 1.15 bits per heavy atom. The molecule has 2 aromatic rings. The summed E-state index contributed by atoms with van der Waals surface area (Å²) >= 11 is 0. The number of nitrogens with two attached hydrogens (primary N) is 1. The maximum absolute atomic E-state index is 13.5. The largest absolute Gasteiger partial charge is 0.497 e. The number of hydrogen-bond acceptors (Lipinski definition) is 6. The Kier molecular flexibility index (Phi) is 9.85. The van der Waals surface area contributed by atoms with Crippen LogP contribution in [0.5, 0.6) is 5.75 Å². The molecule has 0 aliphatic rings. The van der Waals surface area contributed by atoms with Crippen LogP contribution in [0, 0.1) is 5.41 Å². The lowest BCUT2D eigenvalue weighted by Gasteiger charge is -2.34. The molecular formula is C24H35N3O5S. The minimum Gasteiger partial charge on any atom is -0.497 e. The molecule has 8 nitrogen and oxygen atoms in total. The highest BCUT2D eigenvalue weighted by Gasteiger charge is 2.34. The number of nitrogens with one attached hydrogen (secondary N) is 1. The van der Waals surface area contributed by atoms with E-state index in [-0.39, 0.29) is 18.0 Å². The number of rotatable bonds is 14. The van der Waals surface area contributed by atoms with Gasteiger partial charge in [0, 0.05) is 13.1 Å². The van der Waals surface area contributed by atoms with Crippen LogP contribution in [0.15, 0.2) is 59.5 Å². The van der Waals surface area contributed by atoms with Crippen LogP contribution < -0.4 is 15.8 Å². The second-order valence-electron chi connectivity index (χ2n) is 8.82. The molecule has 2 atom stereocenters. The van der Waals surface area contributed by atoms with Gasteiger partial charge in [0.05, 0.1) is 24.2 Å². The molecule has 1 unspecified atom stereocenters. The zero-order valence-electron chi connectivity index (χ0n) is 19.5. The molecule has 0 spiro atoms. The molecule has 0 bridgehead atoms. The summed E-state index contributed by atoms with van der Waals surface area (Å²) in [6.07, 6.45) is 0.371. The van der Waals surface area contributed by atoms with Crippen LogP contribution in [0.1, 0.15) is 25.8 Å². The van der Waals surface area contributed by atoms with Gasteiger partial charge in [-0.05, 0) is 54.6 Å². The third kappa shape index (κ3) is 7.82. The molecule has 0 saturated heterocycles. The lowest BCUT2D eigenvalue weighted by Crippen LogP contribution is -2.50. The summed E-state index contributed by atoms with van der Waals surface area (Å²) in [5, 5.41) is 13.7. The lowest BCUT2D eigenvalue weighted by molar-refractivity contribution is -0.111. The Balaban J connectivity index is 2.33. The van der Waals surface area contributed by atoms with Crippen molar-refractivity contribution in [2.24, 2.45) is 11.1 Å². The van der Waals surface area contributed by atoms with E-state index in [1.807, 2.05) is 44.2 Å². The van der Waals surface area contributed by atoms with Crippen molar-refractivity contribution in [2.45, 2.75) is 43.7 Å². The van der Waals surface area contributed by atoms with Crippen LogP contribution >= 0.6 is 0 Å². The van der Waals surface area contributed by atoms with Gasteiger partial charge >= 0.3 is 0 Å². The minimum absolute atomic E-state index is 0.0991. The normalized spacial score (nSPS) is 14.0. The SMILES string of the molecule is COc1ccc(S(=O)(=O)N(CC(O)[C@H](Cc2ccccc2)NC=O)CC(C)(C)CCN)cc1. The van der Waals surface area contributed by atoms with Gasteiger partial charge in [0.25, 0.3) is 0 Å². The molecule has 0 heterocycles. The van der Waals surface area contributed by atoms with Crippen LogP contribution in [0.2, 0.25) is 0 Å². The van der Waals surface area contributed by atoms with Crippen molar-refractivity contribution in [3.63, 3.8) is 0 Å². The van der Waals surface area contributed by atoms with E-state index in [0.717, 1.165) is 5.56 Å². The predicted octanol–water partition coefficient (Wildman–Crippen LogP) is 1.78. The quantitative estimate of drug-likeness (QED) is 0.357. The first kappa shape index (κ1) is 26.8. The molecule has 182 valence electrons. The molecule has 0 saturated carbocycles. The van der Waals surface area contributed by atoms with Gasteiger partial charge in [-0.2, -0.15) is 4.31 Å². The maximum atomic E-state index is 13.5. The number of sulfonamides is 1. The number of hydrogen-bond donors (Lipinski definition) is 3. The van der Waals surface area contributed by atoms with E-state index in [9.17, 15) is 18.3 Å². The Morgan fingerprint density at radius 2 is 1.79 bits per heavy atom. The zero-order chi connectivity index (χ0) is 24.5. The number of aliphatic hydroxyl groups is 1. The van der Waals surface area contributed by atoms with Gasteiger partial charge in [0.2, 0.25) is 16.4 Å². The van der Waals surface area contributed by atoms with Crippen LogP contribution in [0.3, 0.4) is 0 Å². The van der Waals surface area contributed by atoms with Gasteiger partial charge < -0.3 is 20.9 Å². The third-order valence-corrected chi connectivity index (χ3v) is 7.38. The fourth-order valence-corrected chi connectivity index (χ4v) is 5.34. The number of carbonyl (C=O) groups is 1. The number of methoxy groups -OCH3 is 1. The number of benzene rings is 2. The molecule has 0 aliphatic carbocycles. The Labute approximate surface area is 196 Å². The molecule has 0 radical (unpaired) electrons. The zero-order valence-corrected chi connectivity index (χ0v) is 20.3. The molecule has 0 aliphatic heterocycles. The van der Waals surface area contributed by atoms with Crippen molar-refractivity contribution in [1.82, 2.24) is 9.62 Å². The van der Waals surface area contributed by atoms with E-state index < -0.39 is 27.6 Å². The topological polar surface area (TPSA) is 122 Å². The molecule has 2 aromatic carbocycles. The number of amides is 1. The molecule has 2 rings (SSSR count). The summed E-state index contributed by atoms with van der Waals surface area (Å²) in [5.74, 6) is 0.544. The Hall–Kier alpha value is -2.46. The molecule has 4 N–H and O–H groups in total. The molecule has 33 heavy (non-hydrogen) atoms. The van der Waals surface area contributed by atoms with Crippen molar-refractivity contribution in [1.29, 1.82) is 0 Å². The molecule has 0 aromatic heterocycles. The van der Waals surface area contributed by atoms with Crippen molar-refractivity contribution in [2.75, 3.05) is 26.7 Å².